The van der Waals surface area contributed by atoms with Gasteiger partial charge in [0.2, 0.25) is 0 Å². The molecule has 0 radical (unpaired) electrons. The van der Waals surface area contributed by atoms with Gasteiger partial charge in [0.15, 0.2) is 0 Å². The molecule has 3 nitrogen and oxygen atoms in total. The third-order valence-electron chi connectivity index (χ3n) is 2.09. The van der Waals surface area contributed by atoms with Gasteiger partial charge in [-0.25, -0.2) is 4.79 Å². The Labute approximate surface area is 95.0 Å². The van der Waals surface area contributed by atoms with Crippen LogP contribution < -0.4 is 5.32 Å². The maximum absolute atomic E-state index is 11.3. The van der Waals surface area contributed by atoms with Gasteiger partial charge in [-0.15, -0.1) is 0 Å². The molecule has 0 aliphatic carbocycles. The number of aryl methyl sites for hydroxylation is 1. The smallest absolute Gasteiger partial charge is 0.321 e. The van der Waals surface area contributed by atoms with Crippen molar-refractivity contribution in [2.24, 2.45) is 0 Å². The van der Waals surface area contributed by atoms with Crippen LogP contribution in [0.3, 0.4) is 0 Å². The molecule has 1 aromatic carbocycles. The lowest BCUT2D eigenvalue weighted by Crippen LogP contribution is -2.27. The lowest BCUT2D eigenvalue weighted by molar-refractivity contribution is 0.230. The number of carbonyl (C=O) groups excluding carboxylic acids is 1. The Hall–Kier alpha value is -1.22. The van der Waals surface area contributed by atoms with Crippen molar-refractivity contribution in [1.82, 2.24) is 4.90 Å². The van der Waals surface area contributed by atoms with E-state index < -0.39 is 0 Å². The number of amides is 2. The first kappa shape index (κ1) is 11.9. The van der Waals surface area contributed by atoms with Crippen LogP contribution in [0.4, 0.5) is 10.5 Å². The molecule has 0 saturated heterocycles. The third kappa shape index (κ3) is 3.13. The van der Waals surface area contributed by atoms with Gasteiger partial charge in [-0.05, 0) is 24.1 Å². The first-order valence-electron chi connectivity index (χ1n) is 4.81. The Morgan fingerprint density at radius 3 is 2.60 bits per heavy atom. The normalized spacial score (nSPS) is 9.87. The van der Waals surface area contributed by atoms with Crippen LogP contribution in [0, 0.1) is 0 Å². The summed E-state index contributed by atoms with van der Waals surface area (Å²) in [6.45, 7) is 2.04. The summed E-state index contributed by atoms with van der Waals surface area (Å²) in [5.74, 6) is 0. The molecule has 0 aliphatic heterocycles. The maximum atomic E-state index is 11.3. The first-order chi connectivity index (χ1) is 7.04. The van der Waals surface area contributed by atoms with Crippen molar-refractivity contribution in [3.8, 4) is 0 Å². The van der Waals surface area contributed by atoms with Crippen molar-refractivity contribution in [1.29, 1.82) is 0 Å². The van der Waals surface area contributed by atoms with Crippen molar-refractivity contribution in [3.05, 3.63) is 28.8 Å². The van der Waals surface area contributed by atoms with E-state index >= 15 is 0 Å². The molecule has 82 valence electrons. The van der Waals surface area contributed by atoms with Crippen LogP contribution >= 0.6 is 11.6 Å². The Morgan fingerprint density at radius 1 is 1.47 bits per heavy atom. The molecule has 0 atom stereocenters. The summed E-state index contributed by atoms with van der Waals surface area (Å²) >= 11 is 6.03. The molecule has 0 fully saturated rings. The number of hydrogen-bond donors (Lipinski definition) is 1. The third-order valence-corrected chi connectivity index (χ3v) is 2.44. The molecule has 0 bridgehead atoms. The van der Waals surface area contributed by atoms with Crippen molar-refractivity contribution in [2.75, 3.05) is 19.4 Å². The highest BCUT2D eigenvalue weighted by molar-refractivity contribution is 6.31. The number of nitrogens with one attached hydrogen (secondary N) is 1. The molecular formula is C11H15ClN2O. The zero-order valence-corrected chi connectivity index (χ0v) is 9.93. The van der Waals surface area contributed by atoms with Gasteiger partial charge in [0.1, 0.15) is 0 Å². The topological polar surface area (TPSA) is 32.3 Å². The number of benzene rings is 1. The highest BCUT2D eigenvalue weighted by Gasteiger charge is 2.05. The van der Waals surface area contributed by atoms with Crippen molar-refractivity contribution in [2.45, 2.75) is 13.3 Å². The zero-order valence-electron chi connectivity index (χ0n) is 9.17. The van der Waals surface area contributed by atoms with E-state index in [1.54, 1.807) is 20.2 Å². The number of urea groups is 1. The molecule has 2 amide bonds. The van der Waals surface area contributed by atoms with Crippen LogP contribution in [-0.2, 0) is 6.42 Å². The number of nitrogens with zero attached hydrogens (tertiary/aromatic N) is 1. The highest BCUT2D eigenvalue weighted by atomic mass is 35.5. The van der Waals surface area contributed by atoms with E-state index in [1.165, 1.54) is 4.90 Å². The highest BCUT2D eigenvalue weighted by Crippen LogP contribution is 2.21. The van der Waals surface area contributed by atoms with E-state index in [2.05, 4.69) is 5.32 Å². The minimum absolute atomic E-state index is 0.157. The maximum Gasteiger partial charge on any atom is 0.321 e. The van der Waals surface area contributed by atoms with E-state index in [0.29, 0.717) is 5.02 Å². The Bertz CT molecular complexity index is 364. The molecule has 0 unspecified atom stereocenters. The summed E-state index contributed by atoms with van der Waals surface area (Å²) in [4.78, 5) is 12.8. The van der Waals surface area contributed by atoms with Crippen molar-refractivity contribution >= 4 is 23.3 Å². The molecule has 0 aromatic heterocycles. The average molecular weight is 227 g/mol. The summed E-state index contributed by atoms with van der Waals surface area (Å²) in [7, 11) is 3.38. The number of rotatable bonds is 2. The van der Waals surface area contributed by atoms with Gasteiger partial charge in [-0.1, -0.05) is 24.6 Å². The quantitative estimate of drug-likeness (QED) is 0.826. The predicted octanol–water partition coefficient (Wildman–Crippen LogP) is 3.00. The second-order valence-electron chi connectivity index (χ2n) is 3.48. The summed E-state index contributed by atoms with van der Waals surface area (Å²) in [6.07, 6.45) is 0.890. The molecular weight excluding hydrogens is 212 g/mol. The average Bonchev–Trinajstić information content (AvgIpc) is 2.18. The second kappa shape index (κ2) is 5.03. The molecule has 0 spiro atoms. The van der Waals surface area contributed by atoms with Gasteiger partial charge < -0.3 is 10.2 Å². The number of carbonyl (C=O) groups is 1. The van der Waals surface area contributed by atoms with Crippen LogP contribution in [0.25, 0.3) is 0 Å². The summed E-state index contributed by atoms with van der Waals surface area (Å²) < 4.78 is 0. The minimum atomic E-state index is -0.157. The van der Waals surface area contributed by atoms with Crippen LogP contribution in [-0.4, -0.2) is 25.0 Å². The SMILES string of the molecule is CCc1ccc(NC(=O)N(C)C)cc1Cl. The summed E-state index contributed by atoms with van der Waals surface area (Å²) in [5, 5.41) is 3.42. The van der Waals surface area contributed by atoms with E-state index in [4.69, 9.17) is 11.6 Å². The molecule has 0 saturated carbocycles. The van der Waals surface area contributed by atoms with Crippen LogP contribution in [0.15, 0.2) is 18.2 Å². The fourth-order valence-electron chi connectivity index (χ4n) is 1.15. The molecule has 0 heterocycles. The predicted molar refractivity (Wildman–Crippen MR) is 63.5 cm³/mol. The van der Waals surface area contributed by atoms with Crippen molar-refractivity contribution in [3.63, 3.8) is 0 Å². The van der Waals surface area contributed by atoms with E-state index in [1.807, 2.05) is 19.1 Å². The number of halogens is 1. The molecule has 1 N–H and O–H groups in total. The van der Waals surface area contributed by atoms with Gasteiger partial charge in [0, 0.05) is 24.8 Å². The van der Waals surface area contributed by atoms with Crippen LogP contribution in [0.1, 0.15) is 12.5 Å². The lowest BCUT2D eigenvalue weighted by Gasteiger charge is -2.12. The molecule has 15 heavy (non-hydrogen) atoms. The Balaban J connectivity index is 2.80. The van der Waals surface area contributed by atoms with Crippen LogP contribution in [0.2, 0.25) is 5.02 Å². The molecule has 1 aromatic rings. The van der Waals surface area contributed by atoms with Gasteiger partial charge in [0.25, 0.3) is 0 Å². The Kier molecular flexibility index (Phi) is 3.97. The molecule has 4 heteroatoms. The Morgan fingerprint density at radius 2 is 2.13 bits per heavy atom. The molecule has 0 aliphatic rings. The van der Waals surface area contributed by atoms with Gasteiger partial charge in [-0.2, -0.15) is 0 Å². The summed E-state index contributed by atoms with van der Waals surface area (Å²) in [6, 6.07) is 5.39. The first-order valence-corrected chi connectivity index (χ1v) is 5.19. The number of anilines is 1. The summed E-state index contributed by atoms with van der Waals surface area (Å²) in [5.41, 5.74) is 1.80. The van der Waals surface area contributed by atoms with E-state index in [-0.39, 0.29) is 6.03 Å². The number of hydrogen-bond acceptors (Lipinski definition) is 1. The van der Waals surface area contributed by atoms with Gasteiger partial charge in [-0.3, -0.25) is 0 Å². The fourth-order valence-corrected chi connectivity index (χ4v) is 1.46. The van der Waals surface area contributed by atoms with Crippen LogP contribution in [0.5, 0.6) is 0 Å². The second-order valence-corrected chi connectivity index (χ2v) is 3.89. The standard InChI is InChI=1S/C11H15ClN2O/c1-4-8-5-6-9(7-10(8)12)13-11(15)14(2)3/h5-7H,4H2,1-3H3,(H,13,15). The van der Waals surface area contributed by atoms with Gasteiger partial charge in [0.05, 0.1) is 0 Å². The van der Waals surface area contributed by atoms with Gasteiger partial charge >= 0.3 is 6.03 Å². The fraction of sp³-hybridized carbons (Fsp3) is 0.364. The molecule has 1 rings (SSSR count). The minimum Gasteiger partial charge on any atom is -0.331 e. The lowest BCUT2D eigenvalue weighted by atomic mass is 10.1. The van der Waals surface area contributed by atoms with E-state index in [9.17, 15) is 4.79 Å². The van der Waals surface area contributed by atoms with Crippen molar-refractivity contribution < 1.29 is 4.79 Å². The zero-order chi connectivity index (χ0) is 11.4. The monoisotopic (exact) mass is 226 g/mol. The van der Waals surface area contributed by atoms with E-state index in [0.717, 1.165) is 17.7 Å². The largest absolute Gasteiger partial charge is 0.331 e.